The summed E-state index contributed by atoms with van der Waals surface area (Å²) in [5.74, 6) is 0.812. The number of halogens is 3. The van der Waals surface area contributed by atoms with Gasteiger partial charge >= 0.3 is 6.18 Å². The van der Waals surface area contributed by atoms with Crippen LogP contribution >= 0.6 is 0 Å². The van der Waals surface area contributed by atoms with E-state index in [1.165, 1.54) is 6.04 Å². The Morgan fingerprint density at radius 3 is 1.71 bits per heavy atom. The normalized spacial score (nSPS) is 9.57. The summed E-state index contributed by atoms with van der Waals surface area (Å²) >= 11 is 0. The van der Waals surface area contributed by atoms with Gasteiger partial charge in [-0.2, -0.15) is 13.2 Å². The molecule has 7 heavy (non-hydrogen) atoms. The zero-order valence-corrected chi connectivity index (χ0v) is 3.21. The number of hydrogen-bond acceptors (Lipinski definition) is 1. The van der Waals surface area contributed by atoms with Gasteiger partial charge in [-0.15, -0.1) is 0 Å². The number of nitrogens with two attached hydrogens (primary N) is 1. The molecule has 0 amide bonds. The summed E-state index contributed by atoms with van der Waals surface area (Å²) in [7, 11) is 0. The molecule has 0 heterocycles. The molecule has 0 bridgehead atoms. The number of alkyl halides is 3. The van der Waals surface area contributed by atoms with Gasteiger partial charge in [0.2, 0.25) is 0 Å². The Kier molecular flexibility index (Phi) is 1.52. The molecule has 0 aromatic rings. The van der Waals surface area contributed by atoms with Gasteiger partial charge in [-0.25, -0.2) is 0 Å². The predicted octanol–water partition coefficient (Wildman–Crippen LogP) is 0.468. The second-order valence-corrected chi connectivity index (χ2v) is 0.767. The minimum atomic E-state index is -4.44. The van der Waals surface area contributed by atoms with Crippen LogP contribution in [0.5, 0.6) is 0 Å². The molecule has 1 nitrogen and oxygen atoms in total. The van der Waals surface area contributed by atoms with Gasteiger partial charge in [0.15, 0.2) is 0 Å². The highest BCUT2D eigenvalue weighted by Gasteiger charge is 2.22. The third kappa shape index (κ3) is 5.15. The van der Waals surface area contributed by atoms with E-state index in [0.29, 0.717) is 0 Å². The molecule has 0 aromatic heterocycles. The van der Waals surface area contributed by atoms with E-state index >= 15 is 0 Å². The van der Waals surface area contributed by atoms with Crippen molar-refractivity contribution in [3.8, 4) is 12.0 Å². The summed E-state index contributed by atoms with van der Waals surface area (Å²) in [6, 6.07) is 1.23. The molecule has 0 unspecified atom stereocenters. The smallest absolute Gasteiger partial charge is 0.359 e. The average molecular weight is 109 g/mol. The Labute approximate surface area is 38.3 Å². The van der Waals surface area contributed by atoms with E-state index in [-0.39, 0.29) is 0 Å². The monoisotopic (exact) mass is 109 g/mol. The predicted molar refractivity (Wildman–Crippen MR) is 18.0 cm³/mol. The van der Waals surface area contributed by atoms with Crippen LogP contribution in [-0.4, -0.2) is 6.18 Å². The second-order valence-electron chi connectivity index (χ2n) is 0.767. The zero-order chi connectivity index (χ0) is 5.91. The molecular weight excluding hydrogens is 107 g/mol. The summed E-state index contributed by atoms with van der Waals surface area (Å²) in [5.41, 5.74) is 4.23. The zero-order valence-electron chi connectivity index (χ0n) is 3.21. The quantitative estimate of drug-likeness (QED) is 0.355. The Morgan fingerprint density at radius 1 is 1.29 bits per heavy atom. The molecule has 0 aliphatic carbocycles. The molecule has 0 aromatic carbocycles. The largest absolute Gasteiger partial charge is 0.459 e. The summed E-state index contributed by atoms with van der Waals surface area (Å²) < 4.78 is 32.4. The van der Waals surface area contributed by atoms with Crippen molar-refractivity contribution in [2.75, 3.05) is 0 Å². The maximum Gasteiger partial charge on any atom is 0.459 e. The van der Waals surface area contributed by atoms with Crippen molar-refractivity contribution in [1.29, 1.82) is 0 Å². The minimum absolute atomic E-state index is 0.812. The van der Waals surface area contributed by atoms with Crippen molar-refractivity contribution in [3.05, 3.63) is 0 Å². The van der Waals surface area contributed by atoms with Crippen molar-refractivity contribution < 1.29 is 13.2 Å². The third-order valence-corrected chi connectivity index (χ3v) is 0.214. The van der Waals surface area contributed by atoms with Crippen molar-refractivity contribution in [2.24, 2.45) is 5.73 Å². The summed E-state index contributed by atoms with van der Waals surface area (Å²) in [4.78, 5) is 0. The standard InChI is InChI=1S/C3H2F3N/c4-3(5,6)1-2-7/h7H2. The second kappa shape index (κ2) is 1.73. The fourth-order valence-corrected chi connectivity index (χ4v) is 0.0818. The number of hydrogen-bond donors (Lipinski definition) is 1. The third-order valence-electron chi connectivity index (χ3n) is 0.214. The van der Waals surface area contributed by atoms with Gasteiger partial charge in [0, 0.05) is 12.0 Å². The van der Waals surface area contributed by atoms with E-state index in [1.807, 2.05) is 0 Å². The molecule has 2 N–H and O–H groups in total. The van der Waals surface area contributed by atoms with Crippen LogP contribution in [0.3, 0.4) is 0 Å². The van der Waals surface area contributed by atoms with Crippen LogP contribution in [0.1, 0.15) is 0 Å². The van der Waals surface area contributed by atoms with Crippen molar-refractivity contribution >= 4 is 0 Å². The lowest BCUT2D eigenvalue weighted by atomic mass is 10.7. The van der Waals surface area contributed by atoms with E-state index < -0.39 is 6.18 Å². The van der Waals surface area contributed by atoms with E-state index in [0.717, 1.165) is 5.92 Å². The first-order valence-corrected chi connectivity index (χ1v) is 1.36. The van der Waals surface area contributed by atoms with Crippen molar-refractivity contribution in [1.82, 2.24) is 0 Å². The molecule has 0 radical (unpaired) electrons. The van der Waals surface area contributed by atoms with Crippen LogP contribution < -0.4 is 5.73 Å². The first-order chi connectivity index (χ1) is 3.06. The molecule has 0 saturated heterocycles. The summed E-state index contributed by atoms with van der Waals surface area (Å²) in [6.07, 6.45) is -4.44. The molecule has 0 saturated carbocycles. The molecule has 0 spiro atoms. The number of rotatable bonds is 0. The molecule has 40 valence electrons. The Hall–Kier alpha value is -0.850. The van der Waals surface area contributed by atoms with Gasteiger partial charge in [-0.05, 0) is 0 Å². The minimum Gasteiger partial charge on any atom is -0.359 e. The first-order valence-electron chi connectivity index (χ1n) is 1.36. The fourth-order valence-electron chi connectivity index (χ4n) is 0.0818. The van der Waals surface area contributed by atoms with Crippen LogP contribution in [0, 0.1) is 12.0 Å². The van der Waals surface area contributed by atoms with Crippen LogP contribution in [0.25, 0.3) is 0 Å². The Morgan fingerprint density at radius 2 is 1.71 bits per heavy atom. The van der Waals surface area contributed by atoms with Gasteiger partial charge in [-0.1, -0.05) is 0 Å². The molecule has 0 fully saturated rings. The molecular formula is C3H2F3N. The van der Waals surface area contributed by atoms with Crippen LogP contribution in [0.2, 0.25) is 0 Å². The van der Waals surface area contributed by atoms with Crippen LogP contribution in [0.15, 0.2) is 0 Å². The van der Waals surface area contributed by atoms with E-state index in [2.05, 4.69) is 5.73 Å². The Balaban J connectivity index is 3.72. The highest BCUT2D eigenvalue weighted by molar-refractivity contribution is 5.00. The maximum absolute atomic E-state index is 10.8. The summed E-state index contributed by atoms with van der Waals surface area (Å²) in [5, 5.41) is 0. The lowest BCUT2D eigenvalue weighted by Gasteiger charge is -1.88. The van der Waals surface area contributed by atoms with E-state index in [9.17, 15) is 13.2 Å². The molecule has 0 aliphatic rings. The lowest BCUT2D eigenvalue weighted by molar-refractivity contribution is -0.0697. The van der Waals surface area contributed by atoms with Gasteiger partial charge in [-0.3, -0.25) is 0 Å². The van der Waals surface area contributed by atoms with E-state index in [4.69, 9.17) is 0 Å². The van der Waals surface area contributed by atoms with Gasteiger partial charge in [0.1, 0.15) is 0 Å². The average Bonchev–Trinajstić information content (AvgIpc) is 1.30. The molecule has 0 aliphatic heterocycles. The highest BCUT2D eigenvalue weighted by atomic mass is 19.4. The van der Waals surface area contributed by atoms with E-state index in [1.54, 1.807) is 0 Å². The van der Waals surface area contributed by atoms with Gasteiger partial charge in [0.25, 0.3) is 0 Å². The van der Waals surface area contributed by atoms with Gasteiger partial charge in [0.05, 0.1) is 0 Å². The maximum atomic E-state index is 10.8. The molecule has 4 heteroatoms. The Bertz CT molecular complexity index is 104. The van der Waals surface area contributed by atoms with Crippen LogP contribution in [-0.2, 0) is 0 Å². The van der Waals surface area contributed by atoms with Crippen LogP contribution in [0.4, 0.5) is 13.2 Å². The molecule has 0 atom stereocenters. The van der Waals surface area contributed by atoms with Crippen molar-refractivity contribution in [2.45, 2.75) is 6.18 Å². The summed E-state index contributed by atoms with van der Waals surface area (Å²) in [6.45, 7) is 0. The van der Waals surface area contributed by atoms with Crippen molar-refractivity contribution in [3.63, 3.8) is 0 Å². The fraction of sp³-hybridized carbons (Fsp3) is 0.333. The molecule has 0 rings (SSSR count). The lowest BCUT2D eigenvalue weighted by Crippen LogP contribution is -2.02. The first kappa shape index (κ1) is 6.15. The van der Waals surface area contributed by atoms with Gasteiger partial charge < -0.3 is 5.73 Å². The SMILES string of the molecule is NC#CC(F)(F)F. The highest BCUT2D eigenvalue weighted by Crippen LogP contribution is 2.10. The topological polar surface area (TPSA) is 26.0 Å².